The summed E-state index contributed by atoms with van der Waals surface area (Å²) in [6.07, 6.45) is 0. The van der Waals surface area contributed by atoms with Gasteiger partial charge in [0.25, 0.3) is 5.56 Å². The Morgan fingerprint density at radius 3 is 2.40 bits per heavy atom. The normalized spacial score (nSPS) is 9.70. The van der Waals surface area contributed by atoms with Crippen molar-refractivity contribution in [2.24, 2.45) is 0 Å². The Morgan fingerprint density at radius 1 is 1.30 bits per heavy atom. The van der Waals surface area contributed by atoms with Gasteiger partial charge in [-0.25, -0.2) is 4.79 Å². The molecule has 0 saturated heterocycles. The standard InChI is InChI=1S/C5H6N2O3/c1-2-3(8)6-5(10)7-4(2)9/h1H3,(H3,6,7,8,9,10). The minimum atomic E-state index is -0.701. The summed E-state index contributed by atoms with van der Waals surface area (Å²) >= 11 is 0. The third-order valence-electron chi connectivity index (χ3n) is 1.15. The molecule has 1 heterocycles. The third kappa shape index (κ3) is 0.928. The molecule has 5 heteroatoms. The zero-order chi connectivity index (χ0) is 7.72. The van der Waals surface area contributed by atoms with E-state index in [1.165, 1.54) is 6.92 Å². The fraction of sp³-hybridized carbons (Fsp3) is 0.200. The molecule has 0 aliphatic heterocycles. The second kappa shape index (κ2) is 2.02. The predicted molar refractivity (Wildman–Crippen MR) is 34.1 cm³/mol. The van der Waals surface area contributed by atoms with Crippen LogP contribution in [0.4, 0.5) is 0 Å². The van der Waals surface area contributed by atoms with Crippen molar-refractivity contribution >= 4 is 0 Å². The summed E-state index contributed by atoms with van der Waals surface area (Å²) in [7, 11) is 0. The monoisotopic (exact) mass is 142 g/mol. The first-order valence-corrected chi connectivity index (χ1v) is 2.63. The van der Waals surface area contributed by atoms with E-state index >= 15 is 0 Å². The highest BCUT2D eigenvalue weighted by molar-refractivity contribution is 5.17. The number of aromatic amines is 2. The third-order valence-corrected chi connectivity index (χ3v) is 1.15. The Kier molecular flexibility index (Phi) is 1.33. The van der Waals surface area contributed by atoms with Crippen LogP contribution in [0.1, 0.15) is 5.56 Å². The zero-order valence-electron chi connectivity index (χ0n) is 5.26. The summed E-state index contributed by atoms with van der Waals surface area (Å²) in [5.41, 5.74) is -1.16. The van der Waals surface area contributed by atoms with Gasteiger partial charge >= 0.3 is 5.69 Å². The maximum atomic E-state index is 10.6. The van der Waals surface area contributed by atoms with Gasteiger partial charge in [0.15, 0.2) is 0 Å². The van der Waals surface area contributed by atoms with Crippen LogP contribution in [-0.2, 0) is 0 Å². The van der Waals surface area contributed by atoms with Crippen molar-refractivity contribution in [3.05, 3.63) is 26.4 Å². The highest BCUT2D eigenvalue weighted by atomic mass is 16.3. The Bertz CT molecular complexity index is 349. The van der Waals surface area contributed by atoms with E-state index in [4.69, 9.17) is 5.11 Å². The Morgan fingerprint density at radius 2 is 1.90 bits per heavy atom. The van der Waals surface area contributed by atoms with E-state index in [0.29, 0.717) is 0 Å². The van der Waals surface area contributed by atoms with E-state index in [1.54, 1.807) is 0 Å². The van der Waals surface area contributed by atoms with Crippen LogP contribution < -0.4 is 11.2 Å². The molecule has 0 aromatic carbocycles. The molecule has 3 N–H and O–H groups in total. The van der Waals surface area contributed by atoms with E-state index in [0.717, 1.165) is 0 Å². The highest BCUT2D eigenvalue weighted by Gasteiger charge is 1.99. The predicted octanol–water partition coefficient (Wildman–Crippen LogP) is -0.923. The second-order valence-electron chi connectivity index (χ2n) is 1.88. The van der Waals surface area contributed by atoms with Crippen molar-refractivity contribution in [2.75, 3.05) is 0 Å². The molecule has 1 rings (SSSR count). The molecular weight excluding hydrogens is 136 g/mol. The van der Waals surface area contributed by atoms with Crippen LogP contribution in [0.2, 0.25) is 0 Å². The average Bonchev–Trinajstić information content (AvgIpc) is 1.82. The minimum absolute atomic E-state index is 0.111. The molecule has 0 fully saturated rings. The fourth-order valence-corrected chi connectivity index (χ4v) is 0.537. The van der Waals surface area contributed by atoms with Crippen molar-refractivity contribution in [1.29, 1.82) is 0 Å². The van der Waals surface area contributed by atoms with Gasteiger partial charge < -0.3 is 5.11 Å². The highest BCUT2D eigenvalue weighted by Crippen LogP contribution is 1.99. The summed E-state index contributed by atoms with van der Waals surface area (Å²) in [6, 6.07) is 0. The number of nitrogens with one attached hydrogen (secondary N) is 2. The van der Waals surface area contributed by atoms with Crippen LogP contribution in [0, 0.1) is 6.92 Å². The Balaban J connectivity index is 3.62. The van der Waals surface area contributed by atoms with Gasteiger partial charge in [-0.2, -0.15) is 0 Å². The molecule has 0 spiro atoms. The molecule has 1 aromatic rings. The van der Waals surface area contributed by atoms with Gasteiger partial charge in [0, 0.05) is 0 Å². The van der Waals surface area contributed by atoms with Crippen molar-refractivity contribution in [1.82, 2.24) is 9.97 Å². The van der Waals surface area contributed by atoms with Gasteiger partial charge in [0.2, 0.25) is 5.88 Å². The molecule has 0 saturated carbocycles. The molecule has 0 atom stereocenters. The lowest BCUT2D eigenvalue weighted by molar-refractivity contribution is 0.443. The first kappa shape index (κ1) is 6.60. The molecule has 1 aromatic heterocycles. The molecule has 5 nitrogen and oxygen atoms in total. The number of H-pyrrole nitrogens is 2. The molecule has 10 heavy (non-hydrogen) atoms. The molecule has 0 radical (unpaired) electrons. The maximum absolute atomic E-state index is 10.6. The van der Waals surface area contributed by atoms with Gasteiger partial charge in [-0.15, -0.1) is 0 Å². The van der Waals surface area contributed by atoms with Gasteiger partial charge in [-0.05, 0) is 6.92 Å². The SMILES string of the molecule is Cc1c(O)[nH]c(=O)[nH]c1=O. The fourth-order valence-electron chi connectivity index (χ4n) is 0.537. The molecule has 0 amide bonds. The number of aromatic nitrogens is 2. The van der Waals surface area contributed by atoms with E-state index in [2.05, 4.69) is 0 Å². The summed E-state index contributed by atoms with van der Waals surface area (Å²) in [5, 5.41) is 8.81. The summed E-state index contributed by atoms with van der Waals surface area (Å²) in [5.74, 6) is -0.381. The topological polar surface area (TPSA) is 85.9 Å². The smallest absolute Gasteiger partial charge is 0.328 e. The van der Waals surface area contributed by atoms with Crippen LogP contribution in [0.3, 0.4) is 0 Å². The van der Waals surface area contributed by atoms with Crippen molar-refractivity contribution in [3.63, 3.8) is 0 Å². The van der Waals surface area contributed by atoms with Gasteiger partial charge in [-0.3, -0.25) is 14.8 Å². The Labute approximate surface area is 55.4 Å². The zero-order valence-corrected chi connectivity index (χ0v) is 5.26. The number of aromatic hydroxyl groups is 1. The summed E-state index contributed by atoms with van der Waals surface area (Å²) in [6.45, 7) is 1.41. The number of hydrogen-bond acceptors (Lipinski definition) is 3. The van der Waals surface area contributed by atoms with Crippen LogP contribution >= 0.6 is 0 Å². The first-order chi connectivity index (χ1) is 4.61. The van der Waals surface area contributed by atoms with Gasteiger partial charge in [-0.1, -0.05) is 0 Å². The van der Waals surface area contributed by atoms with Crippen LogP contribution in [-0.4, -0.2) is 15.1 Å². The molecule has 0 aliphatic rings. The summed E-state index contributed by atoms with van der Waals surface area (Å²) < 4.78 is 0. The number of rotatable bonds is 0. The van der Waals surface area contributed by atoms with Crippen molar-refractivity contribution in [3.8, 4) is 5.88 Å². The Hall–Kier alpha value is -1.52. The van der Waals surface area contributed by atoms with Crippen LogP contribution in [0.25, 0.3) is 0 Å². The van der Waals surface area contributed by atoms with Crippen LogP contribution in [0.15, 0.2) is 9.59 Å². The largest absolute Gasteiger partial charge is 0.494 e. The van der Waals surface area contributed by atoms with Crippen molar-refractivity contribution < 1.29 is 5.11 Å². The lowest BCUT2D eigenvalue weighted by atomic mass is 10.4. The molecule has 0 unspecified atom stereocenters. The average molecular weight is 142 g/mol. The quantitative estimate of drug-likeness (QED) is 0.437. The van der Waals surface area contributed by atoms with E-state index in [9.17, 15) is 9.59 Å². The molecule has 54 valence electrons. The van der Waals surface area contributed by atoms with Gasteiger partial charge in [0.1, 0.15) is 0 Å². The van der Waals surface area contributed by atoms with E-state index in [-0.39, 0.29) is 11.4 Å². The van der Waals surface area contributed by atoms with Crippen molar-refractivity contribution in [2.45, 2.75) is 6.92 Å². The lowest BCUT2D eigenvalue weighted by Crippen LogP contribution is -2.23. The van der Waals surface area contributed by atoms with Crippen LogP contribution in [0.5, 0.6) is 5.88 Å². The molecule has 0 bridgehead atoms. The molecular formula is C5H6N2O3. The number of hydrogen-bond donors (Lipinski definition) is 3. The first-order valence-electron chi connectivity index (χ1n) is 2.63. The molecule has 0 aliphatic carbocycles. The minimum Gasteiger partial charge on any atom is -0.494 e. The van der Waals surface area contributed by atoms with E-state index in [1.807, 2.05) is 9.97 Å². The van der Waals surface area contributed by atoms with Gasteiger partial charge in [0.05, 0.1) is 5.56 Å². The lowest BCUT2D eigenvalue weighted by Gasteiger charge is -1.92. The van der Waals surface area contributed by atoms with E-state index < -0.39 is 11.2 Å². The summed E-state index contributed by atoms with van der Waals surface area (Å²) in [4.78, 5) is 25.0. The second-order valence-corrected chi connectivity index (χ2v) is 1.88. The maximum Gasteiger partial charge on any atom is 0.328 e.